The van der Waals surface area contributed by atoms with Crippen LogP contribution in [-0.4, -0.2) is 37.5 Å². The number of rotatable bonds is 8. The lowest BCUT2D eigenvalue weighted by Gasteiger charge is -2.12. The van der Waals surface area contributed by atoms with Gasteiger partial charge in [-0.2, -0.15) is 0 Å². The molecule has 0 atom stereocenters. The van der Waals surface area contributed by atoms with Gasteiger partial charge < -0.3 is 27.8 Å². The fraction of sp³-hybridized carbons (Fsp3) is 0.211. The normalized spacial score (nSPS) is 10.8. The lowest BCUT2D eigenvalue weighted by atomic mass is 10.1. The average molecular weight is 386 g/mol. The van der Waals surface area contributed by atoms with Gasteiger partial charge in [-0.3, -0.25) is 0 Å². The molecule has 3 aromatic rings. The minimum atomic E-state index is -0.588. The van der Waals surface area contributed by atoms with E-state index in [2.05, 4.69) is 10.2 Å². The molecule has 0 aliphatic rings. The molecule has 2 aromatic heterocycles. The number of aromatic nitrogens is 2. The number of furan rings is 1. The summed E-state index contributed by atoms with van der Waals surface area (Å²) in [4.78, 5) is 12.0. The number of ether oxygens (including phenoxy) is 4. The first-order chi connectivity index (χ1) is 13.6. The average Bonchev–Trinajstić information content (AvgIpc) is 3.41. The van der Waals surface area contributed by atoms with Gasteiger partial charge in [0, 0.05) is 17.7 Å². The van der Waals surface area contributed by atoms with E-state index in [4.69, 9.17) is 27.8 Å². The maximum Gasteiger partial charge on any atom is 0.331 e. The highest BCUT2D eigenvalue weighted by atomic mass is 16.5. The zero-order valence-corrected chi connectivity index (χ0v) is 15.5. The molecule has 0 unspecified atom stereocenters. The van der Waals surface area contributed by atoms with Crippen molar-refractivity contribution in [3.63, 3.8) is 0 Å². The summed E-state index contributed by atoms with van der Waals surface area (Å²) in [6, 6.07) is 6.74. The third kappa shape index (κ3) is 4.32. The number of benzene rings is 1. The molecule has 0 radical (unpaired) electrons. The third-order valence-electron chi connectivity index (χ3n) is 3.67. The van der Waals surface area contributed by atoms with E-state index in [0.29, 0.717) is 28.6 Å². The number of nitrogens with zero attached hydrogens (tertiary/aromatic N) is 2. The maximum atomic E-state index is 12.0. The first kappa shape index (κ1) is 19.0. The highest BCUT2D eigenvalue weighted by molar-refractivity contribution is 5.87. The van der Waals surface area contributed by atoms with Crippen LogP contribution in [0.25, 0.3) is 17.7 Å². The fourth-order valence-corrected chi connectivity index (χ4v) is 2.33. The predicted octanol–water partition coefficient (Wildman–Crippen LogP) is 3.11. The quantitative estimate of drug-likeness (QED) is 0.426. The summed E-state index contributed by atoms with van der Waals surface area (Å²) in [6.07, 6.45) is 4.30. The van der Waals surface area contributed by atoms with Crippen LogP contribution in [0.15, 0.2) is 45.4 Å². The van der Waals surface area contributed by atoms with Crippen LogP contribution in [0.1, 0.15) is 11.5 Å². The van der Waals surface area contributed by atoms with Crippen molar-refractivity contribution >= 4 is 12.0 Å². The van der Waals surface area contributed by atoms with Crippen molar-refractivity contribution in [3.8, 4) is 28.9 Å². The summed E-state index contributed by atoms with van der Waals surface area (Å²) in [5.41, 5.74) is 0.620. The molecule has 0 saturated heterocycles. The maximum absolute atomic E-state index is 12.0. The molecule has 1 aromatic carbocycles. The molecule has 0 aliphatic heterocycles. The van der Waals surface area contributed by atoms with Crippen LogP contribution in [0.4, 0.5) is 0 Å². The molecule has 3 rings (SSSR count). The highest BCUT2D eigenvalue weighted by Crippen LogP contribution is 2.35. The summed E-state index contributed by atoms with van der Waals surface area (Å²) < 4.78 is 31.4. The minimum absolute atomic E-state index is 0.150. The van der Waals surface area contributed by atoms with Gasteiger partial charge in [0.15, 0.2) is 23.9 Å². The van der Waals surface area contributed by atoms with Gasteiger partial charge in [-0.15, -0.1) is 10.2 Å². The fourth-order valence-electron chi connectivity index (χ4n) is 2.33. The number of carbonyl (C=O) groups is 1. The second-order valence-corrected chi connectivity index (χ2v) is 5.37. The van der Waals surface area contributed by atoms with Crippen molar-refractivity contribution in [1.29, 1.82) is 0 Å². The lowest BCUT2D eigenvalue weighted by molar-refractivity contribution is -0.139. The number of hydrogen-bond acceptors (Lipinski definition) is 9. The summed E-state index contributed by atoms with van der Waals surface area (Å²) in [6.45, 7) is -0.167. The van der Waals surface area contributed by atoms with E-state index in [0.717, 1.165) is 0 Å². The molecule has 2 heterocycles. The van der Waals surface area contributed by atoms with Gasteiger partial charge in [0.1, 0.15) is 5.75 Å². The molecule has 0 spiro atoms. The van der Waals surface area contributed by atoms with Gasteiger partial charge in [-0.1, -0.05) is 0 Å². The van der Waals surface area contributed by atoms with Gasteiger partial charge in [0.05, 0.1) is 27.6 Å². The Bertz CT molecular complexity index is 961. The van der Waals surface area contributed by atoms with Crippen molar-refractivity contribution in [3.05, 3.63) is 48.1 Å². The standard InChI is InChI=1S/C19H18N2O7/c1-23-14-10-16(25-3)15(24-2)9-12(14)6-7-18(22)27-11-17-20-21-19(28-17)13-5-4-8-26-13/h4-10H,11H2,1-3H3/b7-6+. The Morgan fingerprint density at radius 3 is 2.50 bits per heavy atom. The van der Waals surface area contributed by atoms with E-state index in [1.807, 2.05) is 0 Å². The topological polar surface area (TPSA) is 106 Å². The first-order valence-corrected chi connectivity index (χ1v) is 8.15. The summed E-state index contributed by atoms with van der Waals surface area (Å²) in [5, 5.41) is 7.63. The van der Waals surface area contributed by atoms with E-state index in [1.54, 1.807) is 30.3 Å². The monoisotopic (exact) mass is 386 g/mol. The Morgan fingerprint density at radius 2 is 1.82 bits per heavy atom. The van der Waals surface area contributed by atoms with Gasteiger partial charge in [-0.25, -0.2) is 4.79 Å². The van der Waals surface area contributed by atoms with Crippen LogP contribution in [0.5, 0.6) is 17.2 Å². The highest BCUT2D eigenvalue weighted by Gasteiger charge is 2.13. The van der Waals surface area contributed by atoms with Crippen molar-refractivity contribution in [2.75, 3.05) is 21.3 Å². The Kier molecular flexibility index (Phi) is 5.95. The number of carbonyl (C=O) groups excluding carboxylic acids is 1. The molecule has 0 aliphatic carbocycles. The molecule has 9 heteroatoms. The van der Waals surface area contributed by atoms with E-state index in [-0.39, 0.29) is 18.4 Å². The second-order valence-electron chi connectivity index (χ2n) is 5.37. The van der Waals surface area contributed by atoms with Gasteiger partial charge in [-0.05, 0) is 24.3 Å². The van der Waals surface area contributed by atoms with Gasteiger partial charge in [0.2, 0.25) is 0 Å². The second kappa shape index (κ2) is 8.76. The summed E-state index contributed by atoms with van der Waals surface area (Å²) >= 11 is 0. The Balaban J connectivity index is 1.64. The number of hydrogen-bond donors (Lipinski definition) is 0. The summed E-state index contributed by atoms with van der Waals surface area (Å²) in [7, 11) is 4.57. The van der Waals surface area contributed by atoms with Crippen molar-refractivity contribution < 1.29 is 32.6 Å². The van der Waals surface area contributed by atoms with Crippen LogP contribution in [0.3, 0.4) is 0 Å². The smallest absolute Gasteiger partial charge is 0.331 e. The summed E-state index contributed by atoms with van der Waals surface area (Å²) in [5.74, 6) is 1.75. The minimum Gasteiger partial charge on any atom is -0.496 e. The molecule has 146 valence electrons. The molecule has 0 N–H and O–H groups in total. The van der Waals surface area contributed by atoms with Gasteiger partial charge >= 0.3 is 5.97 Å². The predicted molar refractivity (Wildman–Crippen MR) is 96.9 cm³/mol. The Morgan fingerprint density at radius 1 is 1.07 bits per heavy atom. The molecule has 28 heavy (non-hydrogen) atoms. The molecular weight excluding hydrogens is 368 g/mol. The van der Waals surface area contributed by atoms with Gasteiger partial charge in [0.25, 0.3) is 11.8 Å². The zero-order chi connectivity index (χ0) is 19.9. The largest absolute Gasteiger partial charge is 0.496 e. The van der Waals surface area contributed by atoms with Crippen LogP contribution < -0.4 is 14.2 Å². The van der Waals surface area contributed by atoms with E-state index in [1.165, 1.54) is 33.7 Å². The Hall–Kier alpha value is -3.75. The van der Waals surface area contributed by atoms with Crippen molar-refractivity contribution in [1.82, 2.24) is 10.2 Å². The van der Waals surface area contributed by atoms with E-state index in [9.17, 15) is 4.79 Å². The molecule has 0 saturated carbocycles. The SMILES string of the molecule is COc1cc(OC)c(OC)cc1/C=C/C(=O)OCc1nnc(-c2ccco2)o1. The van der Waals surface area contributed by atoms with Crippen LogP contribution in [0, 0.1) is 0 Å². The van der Waals surface area contributed by atoms with Crippen molar-refractivity contribution in [2.45, 2.75) is 6.61 Å². The number of methoxy groups -OCH3 is 3. The van der Waals surface area contributed by atoms with Crippen LogP contribution in [-0.2, 0) is 16.1 Å². The third-order valence-corrected chi connectivity index (χ3v) is 3.67. The Labute approximate surface area is 160 Å². The van der Waals surface area contributed by atoms with Crippen LogP contribution in [0.2, 0.25) is 0 Å². The molecule has 0 bridgehead atoms. The zero-order valence-electron chi connectivity index (χ0n) is 15.5. The lowest BCUT2D eigenvalue weighted by Crippen LogP contribution is -2.01. The van der Waals surface area contributed by atoms with Crippen LogP contribution >= 0.6 is 0 Å². The first-order valence-electron chi connectivity index (χ1n) is 8.15. The van der Waals surface area contributed by atoms with E-state index < -0.39 is 5.97 Å². The molecule has 0 amide bonds. The molecule has 0 fully saturated rings. The molecule has 9 nitrogen and oxygen atoms in total. The van der Waals surface area contributed by atoms with E-state index >= 15 is 0 Å². The van der Waals surface area contributed by atoms with Crippen molar-refractivity contribution in [2.24, 2.45) is 0 Å². The number of esters is 1. The molecular formula is C19H18N2O7.